The summed E-state index contributed by atoms with van der Waals surface area (Å²) in [5.74, 6) is -1.71. The van der Waals surface area contributed by atoms with Crippen LogP contribution in [-0.2, 0) is 20.4 Å². The number of anilines is 1. The minimum Gasteiger partial charge on any atom is -0.399 e. The van der Waals surface area contributed by atoms with Gasteiger partial charge in [0.15, 0.2) is 9.84 Å². The highest BCUT2D eigenvalue weighted by molar-refractivity contribution is 7.91. The largest absolute Gasteiger partial charge is 0.399 e. The summed E-state index contributed by atoms with van der Waals surface area (Å²) < 4.78 is 22.8. The van der Waals surface area contributed by atoms with Crippen LogP contribution < -0.4 is 11.5 Å². The quantitative estimate of drug-likeness (QED) is 0.688. The van der Waals surface area contributed by atoms with E-state index in [2.05, 4.69) is 0 Å². The lowest BCUT2D eigenvalue weighted by molar-refractivity contribution is -0.115. The average molecular weight is 228 g/mol. The first kappa shape index (κ1) is 11.5. The third-order valence-corrected chi connectivity index (χ3v) is 3.20. The van der Waals surface area contributed by atoms with E-state index >= 15 is 0 Å². The highest BCUT2D eigenvalue weighted by Gasteiger charge is 2.15. The lowest BCUT2D eigenvalue weighted by Crippen LogP contribution is -2.24. The molecule has 1 rings (SSSR count). The molecular formula is C9H12N2O3S. The van der Waals surface area contributed by atoms with Gasteiger partial charge in [0.05, 0.1) is 5.75 Å². The molecular weight excluding hydrogens is 216 g/mol. The van der Waals surface area contributed by atoms with Gasteiger partial charge in [-0.25, -0.2) is 8.42 Å². The van der Waals surface area contributed by atoms with Gasteiger partial charge in [0, 0.05) is 5.69 Å². The van der Waals surface area contributed by atoms with Gasteiger partial charge in [0.2, 0.25) is 5.91 Å². The Bertz CT molecular complexity index is 468. The van der Waals surface area contributed by atoms with Crippen LogP contribution in [0.2, 0.25) is 0 Å². The summed E-state index contributed by atoms with van der Waals surface area (Å²) in [6.45, 7) is 0. The molecule has 1 amide bonds. The molecule has 0 atom stereocenters. The fraction of sp³-hybridized carbons (Fsp3) is 0.222. The van der Waals surface area contributed by atoms with Gasteiger partial charge in [-0.05, 0) is 17.7 Å². The summed E-state index contributed by atoms with van der Waals surface area (Å²) in [4.78, 5) is 10.5. The zero-order valence-electron chi connectivity index (χ0n) is 8.01. The Morgan fingerprint density at radius 2 is 2.00 bits per heavy atom. The number of amides is 1. The fourth-order valence-electron chi connectivity index (χ4n) is 1.20. The van der Waals surface area contributed by atoms with Crippen LogP contribution in [0.1, 0.15) is 5.56 Å². The Morgan fingerprint density at radius 3 is 2.53 bits per heavy atom. The van der Waals surface area contributed by atoms with Crippen LogP contribution in [0.15, 0.2) is 24.3 Å². The maximum atomic E-state index is 11.4. The predicted octanol–water partition coefficient (Wildman–Crippen LogP) is -0.331. The summed E-state index contributed by atoms with van der Waals surface area (Å²) in [7, 11) is -3.48. The topological polar surface area (TPSA) is 103 Å². The van der Waals surface area contributed by atoms with E-state index in [9.17, 15) is 13.2 Å². The number of hydrogen-bond acceptors (Lipinski definition) is 4. The third kappa shape index (κ3) is 3.99. The molecule has 0 radical (unpaired) electrons. The molecule has 0 aliphatic heterocycles. The second kappa shape index (κ2) is 4.31. The monoisotopic (exact) mass is 228 g/mol. The van der Waals surface area contributed by atoms with Crippen molar-refractivity contribution >= 4 is 21.4 Å². The Morgan fingerprint density at radius 1 is 1.33 bits per heavy atom. The standard InChI is InChI=1S/C9H12N2O3S/c10-8-3-1-2-7(4-8)5-15(13,14)6-9(11)12/h1-4H,5-6,10H2,(H2,11,12). The Labute approximate surface area is 88.0 Å². The highest BCUT2D eigenvalue weighted by Crippen LogP contribution is 2.10. The first-order chi connectivity index (χ1) is 6.89. The normalized spacial score (nSPS) is 11.2. The van der Waals surface area contributed by atoms with Gasteiger partial charge < -0.3 is 11.5 Å². The van der Waals surface area contributed by atoms with Crippen molar-refractivity contribution in [3.8, 4) is 0 Å². The lowest BCUT2D eigenvalue weighted by atomic mass is 10.2. The molecule has 6 heteroatoms. The van der Waals surface area contributed by atoms with E-state index in [0.717, 1.165) is 0 Å². The van der Waals surface area contributed by atoms with Gasteiger partial charge >= 0.3 is 0 Å². The van der Waals surface area contributed by atoms with Gasteiger partial charge in [-0.2, -0.15) is 0 Å². The second-order valence-electron chi connectivity index (χ2n) is 3.24. The van der Waals surface area contributed by atoms with Gasteiger partial charge in [-0.1, -0.05) is 12.1 Å². The van der Waals surface area contributed by atoms with Crippen LogP contribution in [0.3, 0.4) is 0 Å². The second-order valence-corrected chi connectivity index (χ2v) is 5.31. The lowest BCUT2D eigenvalue weighted by Gasteiger charge is -2.02. The van der Waals surface area contributed by atoms with Crippen molar-refractivity contribution in [1.82, 2.24) is 0 Å². The van der Waals surface area contributed by atoms with Gasteiger partial charge in [0.1, 0.15) is 5.75 Å². The first-order valence-electron chi connectivity index (χ1n) is 4.22. The Kier molecular flexibility index (Phi) is 3.31. The molecule has 5 nitrogen and oxygen atoms in total. The smallest absolute Gasteiger partial charge is 0.232 e. The van der Waals surface area contributed by atoms with E-state index in [1.807, 2.05) is 0 Å². The van der Waals surface area contributed by atoms with Crippen LogP contribution in [0.5, 0.6) is 0 Å². The SMILES string of the molecule is NC(=O)CS(=O)(=O)Cc1cccc(N)c1. The minimum absolute atomic E-state index is 0.221. The van der Waals surface area contributed by atoms with Crippen LogP contribution in [0.25, 0.3) is 0 Å². The number of carbonyl (C=O) groups excluding carboxylic acids is 1. The van der Waals surface area contributed by atoms with Crippen LogP contribution >= 0.6 is 0 Å². The number of nitrogen functional groups attached to an aromatic ring is 1. The van der Waals surface area contributed by atoms with Crippen LogP contribution in [0.4, 0.5) is 5.69 Å². The summed E-state index contributed by atoms with van der Waals surface area (Å²) in [6, 6.07) is 6.50. The van der Waals surface area contributed by atoms with E-state index in [-0.39, 0.29) is 5.75 Å². The molecule has 0 heterocycles. The molecule has 15 heavy (non-hydrogen) atoms. The summed E-state index contributed by atoms with van der Waals surface area (Å²) in [5.41, 5.74) is 11.4. The highest BCUT2D eigenvalue weighted by atomic mass is 32.2. The van der Waals surface area contributed by atoms with E-state index in [1.54, 1.807) is 24.3 Å². The molecule has 1 aromatic carbocycles. The number of carbonyl (C=O) groups is 1. The van der Waals surface area contributed by atoms with Crippen molar-refractivity contribution in [3.05, 3.63) is 29.8 Å². The molecule has 0 fully saturated rings. The zero-order valence-corrected chi connectivity index (χ0v) is 8.83. The molecule has 4 N–H and O–H groups in total. The van der Waals surface area contributed by atoms with Crippen molar-refractivity contribution < 1.29 is 13.2 Å². The molecule has 0 spiro atoms. The number of sulfone groups is 1. The molecule has 0 bridgehead atoms. The molecule has 0 unspecified atom stereocenters. The molecule has 0 aromatic heterocycles. The Hall–Kier alpha value is -1.56. The van der Waals surface area contributed by atoms with Crippen molar-refractivity contribution in [2.75, 3.05) is 11.5 Å². The van der Waals surface area contributed by atoms with Crippen LogP contribution in [0, 0.1) is 0 Å². The molecule has 0 saturated heterocycles. The van der Waals surface area contributed by atoms with Gasteiger partial charge in [0.25, 0.3) is 0 Å². The van der Waals surface area contributed by atoms with Crippen LogP contribution in [-0.4, -0.2) is 20.1 Å². The van der Waals surface area contributed by atoms with E-state index in [1.165, 1.54) is 0 Å². The molecule has 0 saturated carbocycles. The van der Waals surface area contributed by atoms with Crippen molar-refractivity contribution in [2.45, 2.75) is 5.75 Å². The van der Waals surface area contributed by atoms with Gasteiger partial charge in [-0.15, -0.1) is 0 Å². The molecule has 0 aliphatic rings. The predicted molar refractivity (Wildman–Crippen MR) is 57.5 cm³/mol. The average Bonchev–Trinajstić information content (AvgIpc) is 1.99. The molecule has 82 valence electrons. The van der Waals surface area contributed by atoms with E-state index < -0.39 is 21.5 Å². The summed E-state index contributed by atoms with van der Waals surface area (Å²) in [5, 5.41) is 0. The third-order valence-electron chi connectivity index (χ3n) is 1.70. The van der Waals surface area contributed by atoms with Gasteiger partial charge in [-0.3, -0.25) is 4.79 Å². The number of benzene rings is 1. The summed E-state index contributed by atoms with van der Waals surface area (Å²) in [6.07, 6.45) is 0. The number of primary amides is 1. The molecule has 1 aromatic rings. The number of rotatable bonds is 4. The fourth-order valence-corrected chi connectivity index (χ4v) is 2.43. The van der Waals surface area contributed by atoms with Crippen molar-refractivity contribution in [3.63, 3.8) is 0 Å². The van der Waals surface area contributed by atoms with Crippen molar-refractivity contribution in [2.24, 2.45) is 5.73 Å². The maximum absolute atomic E-state index is 11.4. The van der Waals surface area contributed by atoms with Crippen molar-refractivity contribution in [1.29, 1.82) is 0 Å². The van der Waals surface area contributed by atoms with E-state index in [4.69, 9.17) is 11.5 Å². The summed E-state index contributed by atoms with van der Waals surface area (Å²) >= 11 is 0. The minimum atomic E-state index is -3.48. The Balaban J connectivity index is 2.82. The maximum Gasteiger partial charge on any atom is 0.232 e. The number of hydrogen-bond donors (Lipinski definition) is 2. The zero-order chi connectivity index (χ0) is 11.5. The number of nitrogens with two attached hydrogens (primary N) is 2. The molecule has 0 aliphatic carbocycles. The first-order valence-corrected chi connectivity index (χ1v) is 6.04. The van der Waals surface area contributed by atoms with E-state index in [0.29, 0.717) is 11.3 Å².